The minimum atomic E-state index is -1.23. The fourth-order valence-electron chi connectivity index (χ4n) is 3.85. The van der Waals surface area contributed by atoms with Crippen molar-refractivity contribution in [1.82, 2.24) is 20.9 Å². The molecule has 1 rings (SSSR count). The molecule has 0 bridgehead atoms. The molecule has 0 aliphatic carbocycles. The Kier molecular flexibility index (Phi) is 16.2. The van der Waals surface area contributed by atoms with Gasteiger partial charge in [0.15, 0.2) is 0 Å². The van der Waals surface area contributed by atoms with E-state index in [9.17, 15) is 24.0 Å². The third kappa shape index (κ3) is 13.5. The second kappa shape index (κ2) is 18.4. The number of hydrogen-bond donors (Lipinski definition) is 5. The average Bonchev–Trinajstić information content (AvgIpc) is 2.91. The number of aliphatic carboxylic acids is 1. The number of benzene rings is 1. The van der Waals surface area contributed by atoms with Crippen LogP contribution in [0.1, 0.15) is 52.5 Å². The van der Waals surface area contributed by atoms with Crippen LogP contribution < -0.4 is 16.0 Å². The number of thiol groups is 1. The van der Waals surface area contributed by atoms with Crippen LogP contribution in [0.25, 0.3) is 0 Å². The SMILES string of the molecule is CC(C)COC(=O)N[C@@H](CCC(=O)O)C(=O)N(C)[C@@H](CC(C)C)C(=O)N[C@@H](CS)C(=O)NCCc1ccccc1Cl. The molecule has 230 valence electrons. The first-order valence-electron chi connectivity index (χ1n) is 13.6. The van der Waals surface area contributed by atoms with Gasteiger partial charge in [0.05, 0.1) is 6.61 Å². The Morgan fingerprint density at radius 3 is 2.22 bits per heavy atom. The summed E-state index contributed by atoms with van der Waals surface area (Å²) in [4.78, 5) is 64.3. The van der Waals surface area contributed by atoms with Crippen LogP contribution in [0.5, 0.6) is 0 Å². The highest BCUT2D eigenvalue weighted by Gasteiger charge is 2.34. The lowest BCUT2D eigenvalue weighted by Gasteiger charge is -2.32. The van der Waals surface area contributed by atoms with Gasteiger partial charge in [-0.15, -0.1) is 0 Å². The summed E-state index contributed by atoms with van der Waals surface area (Å²) in [6, 6.07) is 4.09. The van der Waals surface area contributed by atoms with Crippen LogP contribution in [-0.4, -0.2) is 83.9 Å². The molecule has 4 amide bonds. The van der Waals surface area contributed by atoms with E-state index in [-0.39, 0.29) is 43.5 Å². The van der Waals surface area contributed by atoms with Crippen molar-refractivity contribution in [2.24, 2.45) is 11.8 Å². The number of nitrogens with one attached hydrogen (secondary N) is 3. The van der Waals surface area contributed by atoms with E-state index in [0.29, 0.717) is 18.0 Å². The van der Waals surface area contributed by atoms with Crippen LogP contribution in [0.3, 0.4) is 0 Å². The monoisotopic (exact) mass is 614 g/mol. The summed E-state index contributed by atoms with van der Waals surface area (Å²) in [5.74, 6) is -2.75. The number of carbonyl (C=O) groups excluding carboxylic acids is 4. The molecule has 3 atom stereocenters. The number of rotatable bonds is 17. The first kappa shape index (κ1) is 36.0. The lowest BCUT2D eigenvalue weighted by Crippen LogP contribution is -2.58. The molecular weight excluding hydrogens is 572 g/mol. The summed E-state index contributed by atoms with van der Waals surface area (Å²) >= 11 is 10.4. The van der Waals surface area contributed by atoms with Crippen LogP contribution in [0.15, 0.2) is 24.3 Å². The van der Waals surface area contributed by atoms with Crippen LogP contribution in [-0.2, 0) is 30.3 Å². The highest BCUT2D eigenvalue weighted by atomic mass is 35.5. The lowest BCUT2D eigenvalue weighted by atomic mass is 10.00. The van der Waals surface area contributed by atoms with E-state index in [4.69, 9.17) is 21.4 Å². The van der Waals surface area contributed by atoms with Crippen molar-refractivity contribution in [3.8, 4) is 0 Å². The predicted molar refractivity (Wildman–Crippen MR) is 160 cm³/mol. The molecular formula is C28H43ClN4O7S. The van der Waals surface area contributed by atoms with Crippen molar-refractivity contribution in [2.75, 3.05) is 26.0 Å². The van der Waals surface area contributed by atoms with Crippen molar-refractivity contribution < 1.29 is 33.8 Å². The number of amides is 4. The molecule has 0 unspecified atom stereocenters. The van der Waals surface area contributed by atoms with Crippen molar-refractivity contribution in [3.05, 3.63) is 34.9 Å². The van der Waals surface area contributed by atoms with E-state index < -0.39 is 47.9 Å². The summed E-state index contributed by atoms with van der Waals surface area (Å²) in [5.41, 5.74) is 0.872. The summed E-state index contributed by atoms with van der Waals surface area (Å²) < 4.78 is 5.10. The van der Waals surface area contributed by atoms with E-state index in [1.807, 2.05) is 45.9 Å². The molecule has 0 saturated carbocycles. The molecule has 0 radical (unpaired) electrons. The molecule has 13 heteroatoms. The summed E-state index contributed by atoms with van der Waals surface area (Å²) in [7, 11) is 1.41. The maximum atomic E-state index is 13.4. The molecule has 1 aromatic carbocycles. The number of nitrogens with zero attached hydrogens (tertiary/aromatic N) is 1. The van der Waals surface area contributed by atoms with Crippen molar-refractivity contribution in [1.29, 1.82) is 0 Å². The number of hydrogen-bond acceptors (Lipinski definition) is 7. The predicted octanol–water partition coefficient (Wildman–Crippen LogP) is 2.90. The van der Waals surface area contributed by atoms with E-state index in [1.54, 1.807) is 6.07 Å². The molecule has 0 aromatic heterocycles. The molecule has 41 heavy (non-hydrogen) atoms. The van der Waals surface area contributed by atoms with Crippen LogP contribution in [0.2, 0.25) is 5.02 Å². The normalized spacial score (nSPS) is 13.2. The highest BCUT2D eigenvalue weighted by Crippen LogP contribution is 2.16. The Labute approximate surface area is 252 Å². The Morgan fingerprint density at radius 1 is 1.00 bits per heavy atom. The van der Waals surface area contributed by atoms with Crippen LogP contribution >= 0.6 is 24.2 Å². The highest BCUT2D eigenvalue weighted by molar-refractivity contribution is 7.80. The molecule has 0 spiro atoms. The minimum Gasteiger partial charge on any atom is -0.481 e. The molecule has 0 saturated heterocycles. The Balaban J connectivity index is 2.97. The molecule has 0 fully saturated rings. The zero-order valence-electron chi connectivity index (χ0n) is 24.3. The Hall–Kier alpha value is -2.99. The van der Waals surface area contributed by atoms with Crippen LogP contribution in [0.4, 0.5) is 4.79 Å². The number of carbonyl (C=O) groups is 5. The number of likely N-dealkylation sites (N-methyl/N-ethyl adjacent to an activating group) is 1. The molecule has 0 aliphatic heterocycles. The van der Waals surface area contributed by atoms with Crippen molar-refractivity contribution in [3.63, 3.8) is 0 Å². The maximum Gasteiger partial charge on any atom is 0.407 e. The van der Waals surface area contributed by atoms with Gasteiger partial charge in [-0.1, -0.05) is 57.5 Å². The smallest absolute Gasteiger partial charge is 0.407 e. The maximum absolute atomic E-state index is 13.4. The number of halogens is 1. The van der Waals surface area contributed by atoms with Gasteiger partial charge in [0.25, 0.3) is 0 Å². The number of alkyl carbamates (subject to hydrolysis) is 1. The quantitative estimate of drug-likeness (QED) is 0.169. The third-order valence-corrected chi connectivity index (χ3v) is 6.80. The fraction of sp³-hybridized carbons (Fsp3) is 0.607. The second-order valence-corrected chi connectivity index (χ2v) is 11.4. The largest absolute Gasteiger partial charge is 0.481 e. The van der Waals surface area contributed by atoms with Gasteiger partial charge in [-0.3, -0.25) is 19.2 Å². The van der Waals surface area contributed by atoms with E-state index in [2.05, 4.69) is 28.6 Å². The fourth-order valence-corrected chi connectivity index (χ4v) is 4.33. The molecule has 1 aromatic rings. The first-order valence-corrected chi connectivity index (χ1v) is 14.6. The van der Waals surface area contributed by atoms with Gasteiger partial charge in [0, 0.05) is 30.8 Å². The van der Waals surface area contributed by atoms with Gasteiger partial charge in [-0.05, 0) is 42.7 Å². The molecule has 0 aliphatic rings. The third-order valence-electron chi connectivity index (χ3n) is 6.06. The number of ether oxygens (including phenoxy) is 1. The lowest BCUT2D eigenvalue weighted by molar-refractivity contribution is -0.142. The summed E-state index contributed by atoms with van der Waals surface area (Å²) in [5, 5.41) is 17.6. The zero-order valence-corrected chi connectivity index (χ0v) is 26.0. The van der Waals surface area contributed by atoms with E-state index in [0.717, 1.165) is 5.56 Å². The van der Waals surface area contributed by atoms with Crippen molar-refractivity contribution in [2.45, 2.75) is 71.5 Å². The second-order valence-electron chi connectivity index (χ2n) is 10.6. The topological polar surface area (TPSA) is 154 Å². The number of carboxylic acids is 1. The average molecular weight is 615 g/mol. The van der Waals surface area contributed by atoms with E-state index >= 15 is 0 Å². The first-order chi connectivity index (χ1) is 19.3. The van der Waals surface area contributed by atoms with Gasteiger partial charge < -0.3 is 30.7 Å². The van der Waals surface area contributed by atoms with Gasteiger partial charge in [-0.25, -0.2) is 4.79 Å². The summed E-state index contributed by atoms with van der Waals surface area (Å²) in [6.45, 7) is 7.85. The van der Waals surface area contributed by atoms with Gasteiger partial charge in [0.2, 0.25) is 17.7 Å². The van der Waals surface area contributed by atoms with Gasteiger partial charge in [0.1, 0.15) is 18.1 Å². The standard InChI is InChI=1S/C28H43ClN4O7S/c1-17(2)14-23(33(5)27(38)21(10-11-24(34)35)32-28(39)40-15-18(3)4)26(37)31-22(16-41)25(36)30-13-12-19-8-6-7-9-20(19)29/h6-9,17-18,21-23,41H,10-16H2,1-5H3,(H,30,36)(H,31,37)(H,32,39)(H,34,35)/t21-,22-,23-/m0/s1. The Morgan fingerprint density at radius 2 is 1.66 bits per heavy atom. The number of carboxylic acid groups (broad SMARTS) is 1. The molecule has 11 nitrogen and oxygen atoms in total. The van der Waals surface area contributed by atoms with Gasteiger partial charge in [-0.2, -0.15) is 12.6 Å². The van der Waals surface area contributed by atoms with E-state index in [1.165, 1.54) is 11.9 Å². The summed E-state index contributed by atoms with van der Waals surface area (Å²) in [6.07, 6.45) is -0.685. The molecule has 4 N–H and O–H groups in total. The minimum absolute atomic E-state index is 0.0127. The van der Waals surface area contributed by atoms with Gasteiger partial charge >= 0.3 is 12.1 Å². The zero-order chi connectivity index (χ0) is 31.1. The van der Waals surface area contributed by atoms with Crippen molar-refractivity contribution >= 4 is 54.0 Å². The molecule has 0 heterocycles. The Bertz CT molecular complexity index is 1040. The van der Waals surface area contributed by atoms with Crippen LogP contribution in [0, 0.1) is 11.8 Å².